The predicted octanol–water partition coefficient (Wildman–Crippen LogP) is 8.14. The number of hydrogen-bond acceptors (Lipinski definition) is 8. The van der Waals surface area contributed by atoms with Gasteiger partial charge >= 0.3 is 0 Å². The van der Waals surface area contributed by atoms with Gasteiger partial charge in [-0.3, -0.25) is 0 Å². The Kier molecular flexibility index (Phi) is 9.38. The van der Waals surface area contributed by atoms with Gasteiger partial charge < -0.3 is 20.9 Å². The number of aliphatic imine (C=N–C) groups is 4. The summed E-state index contributed by atoms with van der Waals surface area (Å²) < 4.78 is 12.7. The molecule has 2 atom stereocenters. The van der Waals surface area contributed by atoms with Crippen molar-refractivity contribution in [3.8, 4) is 11.5 Å². The van der Waals surface area contributed by atoms with Gasteiger partial charge in [-0.05, 0) is 137 Å². The standard InChI is InChI=1S/C44H46N6O2/c1-27(25-45)43(3,4)51-35-15-7-29(8-16-35)41-37-19-11-31(47-37)23-33-13-21-39(49-33)42(40-22-14-34(50-40)24-32-12-20-38(41)48-32)30-9-17-36(18-10-30)52-44(5,6)28(2)26-46/h7-24,27-28H,25-26,45-46H2,1-6H3. The van der Waals surface area contributed by atoms with E-state index < -0.39 is 11.2 Å². The predicted molar refractivity (Wildman–Crippen MR) is 215 cm³/mol. The minimum absolute atomic E-state index is 0.196. The Bertz CT molecular complexity index is 2000. The van der Waals surface area contributed by atoms with Crippen LogP contribution in [0.15, 0.2) is 152 Å². The van der Waals surface area contributed by atoms with Gasteiger partial charge in [0.15, 0.2) is 0 Å². The smallest absolute Gasteiger partial charge is 0.120 e. The van der Waals surface area contributed by atoms with E-state index in [1.54, 1.807) is 0 Å². The van der Waals surface area contributed by atoms with Crippen LogP contribution in [0.1, 0.15) is 52.7 Å². The van der Waals surface area contributed by atoms with Crippen molar-refractivity contribution >= 4 is 34.0 Å². The van der Waals surface area contributed by atoms with Gasteiger partial charge in [0.25, 0.3) is 0 Å². The van der Waals surface area contributed by atoms with Crippen molar-refractivity contribution < 1.29 is 9.47 Å². The van der Waals surface area contributed by atoms with E-state index in [1.807, 2.05) is 85.0 Å². The second kappa shape index (κ2) is 13.9. The molecule has 8 nitrogen and oxygen atoms in total. The summed E-state index contributed by atoms with van der Waals surface area (Å²) in [6, 6.07) is 16.3. The van der Waals surface area contributed by atoms with Crippen molar-refractivity contribution in [3.05, 3.63) is 143 Å². The molecule has 5 aliphatic heterocycles. The Morgan fingerprint density at radius 2 is 0.904 bits per heavy atom. The molecule has 0 amide bonds. The van der Waals surface area contributed by atoms with Crippen LogP contribution in [-0.4, -0.2) is 47.1 Å². The minimum atomic E-state index is -0.399. The van der Waals surface area contributed by atoms with Crippen LogP contribution in [-0.2, 0) is 0 Å². The fourth-order valence-electron chi connectivity index (χ4n) is 6.30. The molecule has 4 N–H and O–H groups in total. The lowest BCUT2D eigenvalue weighted by Crippen LogP contribution is -2.39. The van der Waals surface area contributed by atoms with Crippen LogP contribution >= 0.6 is 0 Å². The van der Waals surface area contributed by atoms with E-state index >= 15 is 0 Å². The summed E-state index contributed by atoms with van der Waals surface area (Å²) in [6.07, 6.45) is 20.3. The van der Waals surface area contributed by atoms with E-state index in [0.29, 0.717) is 13.1 Å². The molecule has 52 heavy (non-hydrogen) atoms. The number of ether oxygens (including phenoxy) is 2. The molecule has 0 aromatic heterocycles. The van der Waals surface area contributed by atoms with E-state index in [2.05, 4.69) is 65.8 Å². The zero-order valence-corrected chi connectivity index (χ0v) is 30.7. The van der Waals surface area contributed by atoms with Gasteiger partial charge in [0.05, 0.1) is 45.6 Å². The van der Waals surface area contributed by atoms with E-state index in [-0.39, 0.29) is 11.8 Å². The normalized spacial score (nSPS) is 19.0. The van der Waals surface area contributed by atoms with Crippen molar-refractivity contribution in [2.24, 2.45) is 43.3 Å². The SMILES string of the molecule is CC(CN)C(C)(C)Oc1ccc(C2=C3C=CC(=N3)C=C3C=CC(=N3)C(c3ccc(OC(C)(C)C(C)CN)cc3)=C3C=CC(=N3)C=C3C=CC2=N3)cc1. The zero-order valence-electron chi connectivity index (χ0n) is 30.7. The zero-order chi connectivity index (χ0) is 36.6. The maximum absolute atomic E-state index is 6.35. The van der Waals surface area contributed by atoms with Crippen LogP contribution in [0.25, 0.3) is 11.1 Å². The number of nitrogens with two attached hydrogens (primary N) is 2. The molecule has 0 saturated heterocycles. The second-order valence-corrected chi connectivity index (χ2v) is 14.8. The quantitative estimate of drug-likeness (QED) is 0.262. The summed E-state index contributed by atoms with van der Waals surface area (Å²) in [5.41, 5.74) is 21.5. The van der Waals surface area contributed by atoms with Crippen molar-refractivity contribution in [1.82, 2.24) is 0 Å². The summed E-state index contributed by atoms with van der Waals surface area (Å²) in [6.45, 7) is 13.6. The van der Waals surface area contributed by atoms with E-state index in [0.717, 1.165) is 79.4 Å². The first-order chi connectivity index (χ1) is 24.9. The molecular formula is C44H46N6O2. The number of nitrogens with zero attached hydrogens (tertiary/aromatic N) is 4. The first-order valence-electron chi connectivity index (χ1n) is 17.9. The number of hydrogen-bond donors (Lipinski definition) is 2. The number of allylic oxidation sites excluding steroid dienone is 12. The van der Waals surface area contributed by atoms with Gasteiger partial charge in [0.2, 0.25) is 0 Å². The molecule has 5 aliphatic rings. The highest BCUT2D eigenvalue weighted by Gasteiger charge is 2.29. The molecule has 264 valence electrons. The molecule has 8 heteroatoms. The highest BCUT2D eigenvalue weighted by molar-refractivity contribution is 6.34. The van der Waals surface area contributed by atoms with Gasteiger partial charge in [-0.25, -0.2) is 20.0 Å². The van der Waals surface area contributed by atoms with Gasteiger partial charge in [-0.1, -0.05) is 38.1 Å². The summed E-state index contributed by atoms with van der Waals surface area (Å²) in [7, 11) is 0. The number of benzene rings is 2. The van der Waals surface area contributed by atoms with Crippen molar-refractivity contribution in [1.29, 1.82) is 0 Å². The van der Waals surface area contributed by atoms with Crippen molar-refractivity contribution in [2.75, 3.05) is 13.1 Å². The fourth-order valence-corrected chi connectivity index (χ4v) is 6.30. The van der Waals surface area contributed by atoms with Gasteiger partial charge in [0, 0.05) is 23.0 Å². The molecule has 0 aliphatic carbocycles. The lowest BCUT2D eigenvalue weighted by Gasteiger charge is -2.32. The molecule has 0 saturated carbocycles. The lowest BCUT2D eigenvalue weighted by atomic mass is 9.92. The summed E-state index contributed by atoms with van der Waals surface area (Å²) in [5, 5.41) is 0. The van der Waals surface area contributed by atoms with Crippen LogP contribution in [0.5, 0.6) is 11.5 Å². The number of rotatable bonds is 10. The molecule has 2 unspecified atom stereocenters. The molecule has 7 rings (SSSR count). The first-order valence-corrected chi connectivity index (χ1v) is 17.9. The molecular weight excluding hydrogens is 645 g/mol. The summed E-state index contributed by atoms with van der Waals surface area (Å²) in [4.78, 5) is 20.2. The number of fused-ring (bicyclic) bond motifs is 4. The highest BCUT2D eigenvalue weighted by Crippen LogP contribution is 2.35. The van der Waals surface area contributed by atoms with Crippen LogP contribution < -0.4 is 20.9 Å². The first kappa shape index (κ1) is 35.0. The van der Waals surface area contributed by atoms with Gasteiger partial charge in [0.1, 0.15) is 22.7 Å². The fraction of sp³-hybridized carbons (Fsp3) is 0.273. The molecule has 0 radical (unpaired) electrons. The molecule has 2 aromatic carbocycles. The third-order valence-corrected chi connectivity index (χ3v) is 10.4. The maximum Gasteiger partial charge on any atom is 0.120 e. The largest absolute Gasteiger partial charge is 0.488 e. The van der Waals surface area contributed by atoms with Gasteiger partial charge in [-0.2, -0.15) is 0 Å². The molecule has 8 bridgehead atoms. The monoisotopic (exact) mass is 690 g/mol. The van der Waals surface area contributed by atoms with Crippen LogP contribution in [0.2, 0.25) is 0 Å². The Morgan fingerprint density at radius 1 is 0.519 bits per heavy atom. The Labute approximate surface area is 306 Å². The topological polar surface area (TPSA) is 120 Å². The Balaban J connectivity index is 1.26. The van der Waals surface area contributed by atoms with E-state index in [9.17, 15) is 0 Å². The third kappa shape index (κ3) is 7.17. The third-order valence-electron chi connectivity index (χ3n) is 10.4. The van der Waals surface area contributed by atoms with Gasteiger partial charge in [-0.15, -0.1) is 0 Å². The molecule has 0 fully saturated rings. The molecule has 0 spiro atoms. The molecule has 5 heterocycles. The van der Waals surface area contributed by atoms with Crippen molar-refractivity contribution in [2.45, 2.75) is 52.7 Å². The molecule has 2 aromatic rings. The van der Waals surface area contributed by atoms with Crippen LogP contribution in [0, 0.1) is 11.8 Å². The second-order valence-electron chi connectivity index (χ2n) is 14.8. The minimum Gasteiger partial charge on any atom is -0.488 e. The summed E-state index contributed by atoms with van der Waals surface area (Å²) >= 11 is 0. The Morgan fingerprint density at radius 3 is 1.27 bits per heavy atom. The average molecular weight is 691 g/mol. The van der Waals surface area contributed by atoms with E-state index in [1.165, 1.54) is 0 Å². The van der Waals surface area contributed by atoms with Crippen LogP contribution in [0.4, 0.5) is 0 Å². The van der Waals surface area contributed by atoms with Crippen molar-refractivity contribution in [3.63, 3.8) is 0 Å². The van der Waals surface area contributed by atoms with Crippen LogP contribution in [0.3, 0.4) is 0 Å². The summed E-state index contributed by atoms with van der Waals surface area (Å²) in [5.74, 6) is 1.97. The Hall–Kier alpha value is -5.44. The average Bonchev–Trinajstić information content (AvgIpc) is 3.96. The highest BCUT2D eigenvalue weighted by atomic mass is 16.5. The van der Waals surface area contributed by atoms with E-state index in [4.69, 9.17) is 40.9 Å². The maximum atomic E-state index is 6.35. The lowest BCUT2D eigenvalue weighted by molar-refractivity contribution is 0.0553.